The molecule has 0 aliphatic carbocycles. The highest BCUT2D eigenvalue weighted by Crippen LogP contribution is 2.40. The van der Waals surface area contributed by atoms with Crippen molar-refractivity contribution >= 4 is 34.1 Å². The molecule has 12 heteroatoms. The monoisotopic (exact) mass is 568 g/mol. The molecule has 0 unspecified atom stereocenters. The fourth-order valence-corrected chi connectivity index (χ4v) is 4.73. The second-order valence-electron chi connectivity index (χ2n) is 8.42. The number of hydrogen-bond donors (Lipinski definition) is 3. The molecule has 4 rings (SSSR count). The number of aliphatic carboxylic acids is 1. The molecule has 206 valence electrons. The molecule has 40 heavy (non-hydrogen) atoms. The number of thiazole rings is 1. The van der Waals surface area contributed by atoms with Gasteiger partial charge in [-0.05, 0) is 16.7 Å². The molecule has 0 atom stereocenters. The molecule has 0 spiro atoms. The lowest BCUT2D eigenvalue weighted by Crippen LogP contribution is -2.38. The smallest absolute Gasteiger partial charge is 0.405 e. The summed E-state index contributed by atoms with van der Waals surface area (Å²) in [4.78, 5) is 32.6. The Labute approximate surface area is 231 Å². The van der Waals surface area contributed by atoms with Crippen LogP contribution in [0.5, 0.6) is 0 Å². The van der Waals surface area contributed by atoms with Crippen LogP contribution in [0.4, 0.5) is 18.3 Å². The number of anilines is 1. The molecule has 3 N–H and O–H groups in total. The first-order valence-electron chi connectivity index (χ1n) is 11.9. The number of carboxylic acid groups (broad SMARTS) is 1. The van der Waals surface area contributed by atoms with E-state index in [1.165, 1.54) is 5.38 Å². The number of carboxylic acids is 1. The summed E-state index contributed by atoms with van der Waals surface area (Å²) in [5.41, 5.74) is 1.14. The molecule has 0 saturated carbocycles. The zero-order valence-corrected chi connectivity index (χ0v) is 21.6. The highest BCUT2D eigenvalue weighted by Gasteiger charge is 2.37. The Morgan fingerprint density at radius 3 is 1.82 bits per heavy atom. The molecule has 0 aliphatic rings. The SMILES string of the molecule is O=C(CON=C(C(=O)O)c1csc(NC(c2ccccc2)(c2ccccc2)c2ccccc2)n1)NCC(F)(F)F. The number of benzene rings is 3. The minimum atomic E-state index is -4.59. The first-order valence-corrected chi connectivity index (χ1v) is 12.7. The second-order valence-corrected chi connectivity index (χ2v) is 9.28. The summed E-state index contributed by atoms with van der Waals surface area (Å²) in [7, 11) is 0. The fourth-order valence-electron chi connectivity index (χ4n) is 3.98. The number of halogens is 3. The van der Waals surface area contributed by atoms with E-state index in [0.29, 0.717) is 5.13 Å². The topological polar surface area (TPSA) is 113 Å². The normalized spacial score (nSPS) is 12.0. The van der Waals surface area contributed by atoms with Crippen molar-refractivity contribution < 1.29 is 32.7 Å². The summed E-state index contributed by atoms with van der Waals surface area (Å²) in [5.74, 6) is -2.60. The van der Waals surface area contributed by atoms with Gasteiger partial charge in [-0.2, -0.15) is 13.2 Å². The molecule has 0 bridgehead atoms. The quantitative estimate of drug-likeness (QED) is 0.133. The zero-order chi connectivity index (χ0) is 28.6. The van der Waals surface area contributed by atoms with Crippen LogP contribution in [-0.4, -0.2) is 47.0 Å². The number of aromatic nitrogens is 1. The molecule has 0 saturated heterocycles. The maximum atomic E-state index is 12.3. The van der Waals surface area contributed by atoms with Crippen molar-refractivity contribution in [1.82, 2.24) is 10.3 Å². The van der Waals surface area contributed by atoms with Gasteiger partial charge >= 0.3 is 12.1 Å². The summed E-state index contributed by atoms with van der Waals surface area (Å²) in [6.07, 6.45) is -4.59. The van der Waals surface area contributed by atoms with E-state index >= 15 is 0 Å². The van der Waals surface area contributed by atoms with Gasteiger partial charge in [-0.25, -0.2) is 9.78 Å². The lowest BCUT2D eigenvalue weighted by molar-refractivity contribution is -0.141. The number of nitrogens with zero attached hydrogens (tertiary/aromatic N) is 2. The third kappa shape index (κ3) is 6.83. The third-order valence-electron chi connectivity index (χ3n) is 5.70. The number of nitrogens with one attached hydrogen (secondary N) is 2. The zero-order valence-electron chi connectivity index (χ0n) is 20.8. The number of alkyl halides is 3. The van der Waals surface area contributed by atoms with Crippen LogP contribution < -0.4 is 10.6 Å². The molecular formula is C28H23F3N4O4S. The largest absolute Gasteiger partial charge is 0.476 e. The minimum absolute atomic E-state index is 0.0567. The van der Waals surface area contributed by atoms with E-state index in [-0.39, 0.29) is 5.69 Å². The van der Waals surface area contributed by atoms with Crippen LogP contribution >= 0.6 is 11.3 Å². The van der Waals surface area contributed by atoms with Crippen molar-refractivity contribution in [3.05, 3.63) is 119 Å². The van der Waals surface area contributed by atoms with Crippen molar-refractivity contribution in [3.63, 3.8) is 0 Å². The van der Waals surface area contributed by atoms with Crippen molar-refractivity contribution in [2.24, 2.45) is 5.16 Å². The fraction of sp³-hybridized carbons (Fsp3) is 0.143. The van der Waals surface area contributed by atoms with Crippen LogP contribution in [0.3, 0.4) is 0 Å². The molecule has 1 amide bonds. The Kier molecular flexibility index (Phi) is 8.80. The molecule has 0 fully saturated rings. The van der Waals surface area contributed by atoms with Gasteiger partial charge in [0.1, 0.15) is 17.8 Å². The lowest BCUT2D eigenvalue weighted by atomic mass is 9.77. The Morgan fingerprint density at radius 1 is 0.875 bits per heavy atom. The number of oxime groups is 1. The Balaban J connectivity index is 1.66. The number of rotatable bonds is 11. The second kappa shape index (κ2) is 12.4. The van der Waals surface area contributed by atoms with E-state index in [1.54, 1.807) is 5.32 Å². The number of amides is 1. The molecule has 1 aromatic heterocycles. The average molecular weight is 569 g/mol. The van der Waals surface area contributed by atoms with Crippen molar-refractivity contribution in [2.75, 3.05) is 18.5 Å². The third-order valence-corrected chi connectivity index (χ3v) is 6.46. The summed E-state index contributed by atoms with van der Waals surface area (Å²) in [5, 5.41) is 20.1. The predicted molar refractivity (Wildman–Crippen MR) is 144 cm³/mol. The minimum Gasteiger partial charge on any atom is -0.476 e. The van der Waals surface area contributed by atoms with Crippen LogP contribution in [-0.2, 0) is 20.0 Å². The number of carbonyl (C=O) groups is 2. The molecule has 8 nitrogen and oxygen atoms in total. The van der Waals surface area contributed by atoms with Gasteiger partial charge in [0.05, 0.1) is 0 Å². The van der Waals surface area contributed by atoms with E-state index < -0.39 is 42.5 Å². The Bertz CT molecular complexity index is 1370. The van der Waals surface area contributed by atoms with Gasteiger partial charge in [0.15, 0.2) is 11.7 Å². The highest BCUT2D eigenvalue weighted by atomic mass is 32.1. The maximum absolute atomic E-state index is 12.3. The summed E-state index contributed by atoms with van der Waals surface area (Å²) < 4.78 is 36.8. The van der Waals surface area contributed by atoms with Gasteiger partial charge in [-0.15, -0.1) is 11.3 Å². The van der Waals surface area contributed by atoms with Crippen LogP contribution in [0.2, 0.25) is 0 Å². The van der Waals surface area contributed by atoms with Gasteiger partial charge in [0.25, 0.3) is 5.91 Å². The van der Waals surface area contributed by atoms with E-state index in [9.17, 15) is 27.9 Å². The van der Waals surface area contributed by atoms with Crippen molar-refractivity contribution in [1.29, 1.82) is 0 Å². The van der Waals surface area contributed by atoms with Crippen LogP contribution in [0.1, 0.15) is 22.4 Å². The Hall–Kier alpha value is -4.71. The van der Waals surface area contributed by atoms with Crippen LogP contribution in [0.15, 0.2) is 102 Å². The molecule has 4 aromatic rings. The summed E-state index contributed by atoms with van der Waals surface area (Å²) >= 11 is 1.13. The van der Waals surface area contributed by atoms with E-state index in [1.807, 2.05) is 91.0 Å². The standard InChI is InChI=1S/C28H23F3N4O4S/c29-27(30,31)18-32-23(36)16-39-35-24(25(37)38)22-17-40-26(33-22)34-28(19-10-4-1-5-11-19,20-12-6-2-7-13-20)21-14-8-3-9-15-21/h1-15,17H,16,18H2,(H,32,36)(H,33,34)(H,37,38). The molecule has 0 aliphatic heterocycles. The van der Waals surface area contributed by atoms with Crippen LogP contribution in [0.25, 0.3) is 0 Å². The van der Waals surface area contributed by atoms with Gasteiger partial charge in [0, 0.05) is 5.38 Å². The molecule has 0 radical (unpaired) electrons. The average Bonchev–Trinajstić information content (AvgIpc) is 3.41. The van der Waals surface area contributed by atoms with Crippen LogP contribution in [0, 0.1) is 0 Å². The predicted octanol–water partition coefficient (Wildman–Crippen LogP) is 5.03. The lowest BCUT2D eigenvalue weighted by Gasteiger charge is -2.36. The van der Waals surface area contributed by atoms with Gasteiger partial charge in [-0.3, -0.25) is 4.79 Å². The molecule has 1 heterocycles. The Morgan fingerprint density at radius 2 is 1.38 bits per heavy atom. The van der Waals surface area contributed by atoms with Gasteiger partial charge in [0.2, 0.25) is 5.71 Å². The number of hydrogen-bond acceptors (Lipinski definition) is 7. The van der Waals surface area contributed by atoms with Crippen molar-refractivity contribution in [3.8, 4) is 0 Å². The molecule has 3 aromatic carbocycles. The van der Waals surface area contributed by atoms with Gasteiger partial charge < -0.3 is 20.6 Å². The van der Waals surface area contributed by atoms with E-state index in [2.05, 4.69) is 15.5 Å². The maximum Gasteiger partial charge on any atom is 0.405 e. The van der Waals surface area contributed by atoms with Crippen molar-refractivity contribution in [2.45, 2.75) is 11.7 Å². The van der Waals surface area contributed by atoms with Gasteiger partial charge in [-0.1, -0.05) is 96.2 Å². The molecular weight excluding hydrogens is 545 g/mol. The van der Waals surface area contributed by atoms with E-state index in [0.717, 1.165) is 28.0 Å². The summed E-state index contributed by atoms with van der Waals surface area (Å²) in [6, 6.07) is 29.1. The first-order chi connectivity index (χ1) is 19.2. The van der Waals surface area contributed by atoms with E-state index in [4.69, 9.17) is 4.84 Å². The number of carbonyl (C=O) groups excluding carboxylic acids is 1. The summed E-state index contributed by atoms with van der Waals surface area (Å²) in [6.45, 7) is -2.45. The highest BCUT2D eigenvalue weighted by molar-refractivity contribution is 7.14. The first kappa shape index (κ1) is 28.3.